The highest BCUT2D eigenvalue weighted by Gasteiger charge is 2.41. The van der Waals surface area contributed by atoms with Crippen LogP contribution in [0.5, 0.6) is 5.75 Å². The van der Waals surface area contributed by atoms with Crippen LogP contribution in [0.4, 0.5) is 5.69 Å². The number of rotatable bonds is 7. The topological polar surface area (TPSA) is 41.6 Å². The summed E-state index contributed by atoms with van der Waals surface area (Å²) in [4.78, 5) is 14.9. The smallest absolute Gasteiger partial charge is 0.258 e. The van der Waals surface area contributed by atoms with E-state index in [2.05, 4.69) is 36.5 Å². The molecule has 4 heteroatoms. The molecule has 1 heterocycles. The minimum absolute atomic E-state index is 0.0515. The first-order chi connectivity index (χ1) is 14.6. The number of ether oxygens (including phenoxy) is 1. The third-order valence-corrected chi connectivity index (χ3v) is 5.77. The molecule has 0 fully saturated rings. The first-order valence-electron chi connectivity index (χ1n) is 10.6. The van der Waals surface area contributed by atoms with Crippen molar-refractivity contribution in [3.8, 4) is 5.75 Å². The SMILES string of the molecule is CCN1C(=O)c2ccccc2NC1(C)c1ccc(OCCCc2ccccc2)cc1. The maximum absolute atomic E-state index is 13.1. The molecule has 0 aliphatic carbocycles. The van der Waals surface area contributed by atoms with Crippen molar-refractivity contribution in [1.82, 2.24) is 4.90 Å². The number of aryl methyl sites for hydroxylation is 1. The van der Waals surface area contributed by atoms with E-state index in [-0.39, 0.29) is 5.91 Å². The number of carbonyl (C=O) groups is 1. The van der Waals surface area contributed by atoms with Crippen molar-refractivity contribution >= 4 is 11.6 Å². The van der Waals surface area contributed by atoms with Crippen LogP contribution in [0.15, 0.2) is 78.9 Å². The zero-order valence-corrected chi connectivity index (χ0v) is 17.6. The van der Waals surface area contributed by atoms with E-state index in [4.69, 9.17) is 4.74 Å². The zero-order valence-electron chi connectivity index (χ0n) is 17.6. The Kier molecular flexibility index (Phi) is 5.75. The number of benzene rings is 3. The fourth-order valence-corrected chi connectivity index (χ4v) is 4.13. The molecule has 1 unspecified atom stereocenters. The average Bonchev–Trinajstić information content (AvgIpc) is 2.78. The van der Waals surface area contributed by atoms with Crippen LogP contribution in [0, 0.1) is 0 Å². The van der Waals surface area contributed by atoms with Crippen LogP contribution in [0.3, 0.4) is 0 Å². The molecule has 154 valence electrons. The summed E-state index contributed by atoms with van der Waals surface area (Å²) in [5.41, 5.74) is 3.35. The molecule has 0 bridgehead atoms. The van der Waals surface area contributed by atoms with Gasteiger partial charge in [0, 0.05) is 12.2 Å². The van der Waals surface area contributed by atoms with E-state index >= 15 is 0 Å². The van der Waals surface area contributed by atoms with Gasteiger partial charge in [0.25, 0.3) is 5.91 Å². The molecule has 1 amide bonds. The van der Waals surface area contributed by atoms with Gasteiger partial charge in [0.1, 0.15) is 11.4 Å². The Bertz CT molecular complexity index is 1000. The van der Waals surface area contributed by atoms with Crippen molar-refractivity contribution in [3.05, 3.63) is 95.6 Å². The van der Waals surface area contributed by atoms with Gasteiger partial charge in [-0.3, -0.25) is 4.79 Å². The third-order valence-electron chi connectivity index (χ3n) is 5.77. The van der Waals surface area contributed by atoms with Gasteiger partial charge in [-0.15, -0.1) is 0 Å². The maximum Gasteiger partial charge on any atom is 0.258 e. The standard InChI is InChI=1S/C26H28N2O2/c1-3-28-25(29)23-13-7-8-14-24(23)27-26(28,2)21-15-17-22(18-16-21)30-19-9-12-20-10-5-4-6-11-20/h4-8,10-11,13-18,27H,3,9,12,19H2,1-2H3. The van der Waals surface area contributed by atoms with Crippen molar-refractivity contribution in [2.24, 2.45) is 0 Å². The quantitative estimate of drug-likeness (QED) is 0.536. The van der Waals surface area contributed by atoms with E-state index in [1.54, 1.807) is 0 Å². The van der Waals surface area contributed by atoms with Gasteiger partial charge in [0.2, 0.25) is 0 Å². The first-order valence-corrected chi connectivity index (χ1v) is 10.6. The molecule has 1 aliphatic heterocycles. The van der Waals surface area contributed by atoms with E-state index in [9.17, 15) is 4.79 Å². The predicted molar refractivity (Wildman–Crippen MR) is 121 cm³/mol. The lowest BCUT2D eigenvalue weighted by Gasteiger charge is -2.46. The number of nitrogens with one attached hydrogen (secondary N) is 1. The lowest BCUT2D eigenvalue weighted by atomic mass is 9.93. The summed E-state index contributed by atoms with van der Waals surface area (Å²) in [6.45, 7) is 5.36. The molecule has 3 aromatic carbocycles. The highest BCUT2D eigenvalue weighted by Crippen LogP contribution is 2.37. The fraction of sp³-hybridized carbons (Fsp3) is 0.269. The second kappa shape index (κ2) is 8.62. The molecule has 4 nitrogen and oxygen atoms in total. The lowest BCUT2D eigenvalue weighted by molar-refractivity contribution is 0.0553. The Hall–Kier alpha value is -3.27. The summed E-state index contributed by atoms with van der Waals surface area (Å²) in [6, 6.07) is 26.2. The van der Waals surface area contributed by atoms with E-state index in [0.717, 1.165) is 35.4 Å². The Morgan fingerprint density at radius 1 is 0.933 bits per heavy atom. The zero-order chi connectivity index (χ0) is 21.0. The largest absolute Gasteiger partial charge is 0.494 e. The molecule has 0 saturated carbocycles. The van der Waals surface area contributed by atoms with Crippen LogP contribution in [-0.2, 0) is 12.1 Å². The number of hydrogen-bond donors (Lipinski definition) is 1. The minimum Gasteiger partial charge on any atom is -0.494 e. The lowest BCUT2D eigenvalue weighted by Crippen LogP contribution is -2.55. The highest BCUT2D eigenvalue weighted by atomic mass is 16.5. The van der Waals surface area contributed by atoms with E-state index in [1.807, 2.05) is 66.4 Å². The van der Waals surface area contributed by atoms with Crippen LogP contribution in [0.2, 0.25) is 0 Å². The molecule has 1 aliphatic rings. The van der Waals surface area contributed by atoms with Gasteiger partial charge in [0.05, 0.1) is 12.2 Å². The molecule has 1 N–H and O–H groups in total. The van der Waals surface area contributed by atoms with Crippen LogP contribution in [0.1, 0.15) is 41.8 Å². The minimum atomic E-state index is -0.605. The number of para-hydroxylation sites is 1. The Morgan fingerprint density at radius 2 is 1.63 bits per heavy atom. The summed E-state index contributed by atoms with van der Waals surface area (Å²) in [5, 5.41) is 3.58. The van der Waals surface area contributed by atoms with Gasteiger partial charge in [-0.2, -0.15) is 0 Å². The summed E-state index contributed by atoms with van der Waals surface area (Å²) in [7, 11) is 0. The summed E-state index contributed by atoms with van der Waals surface area (Å²) in [6.07, 6.45) is 1.98. The highest BCUT2D eigenvalue weighted by molar-refractivity contribution is 6.02. The number of amides is 1. The first kappa shape index (κ1) is 20.0. The Morgan fingerprint density at radius 3 is 2.37 bits per heavy atom. The predicted octanol–water partition coefficient (Wildman–Crippen LogP) is 5.46. The van der Waals surface area contributed by atoms with Crippen LogP contribution in [-0.4, -0.2) is 24.0 Å². The number of hydrogen-bond acceptors (Lipinski definition) is 3. The second-order valence-corrected chi connectivity index (χ2v) is 7.75. The van der Waals surface area contributed by atoms with E-state index in [0.29, 0.717) is 13.2 Å². The van der Waals surface area contributed by atoms with E-state index < -0.39 is 5.66 Å². The molecule has 0 spiro atoms. The third kappa shape index (κ3) is 3.90. The molecule has 4 rings (SSSR count). The maximum atomic E-state index is 13.1. The number of carbonyl (C=O) groups excluding carboxylic acids is 1. The summed E-state index contributed by atoms with van der Waals surface area (Å²) >= 11 is 0. The molecule has 3 aromatic rings. The number of anilines is 1. The summed E-state index contributed by atoms with van der Waals surface area (Å²) in [5.74, 6) is 0.900. The van der Waals surface area contributed by atoms with Gasteiger partial charge in [-0.25, -0.2) is 0 Å². The van der Waals surface area contributed by atoms with Gasteiger partial charge in [-0.1, -0.05) is 54.6 Å². The Labute approximate surface area is 178 Å². The van der Waals surface area contributed by atoms with Crippen molar-refractivity contribution < 1.29 is 9.53 Å². The molecular formula is C26H28N2O2. The van der Waals surface area contributed by atoms with Crippen LogP contribution < -0.4 is 10.1 Å². The molecule has 1 atom stereocenters. The van der Waals surface area contributed by atoms with Crippen LogP contribution in [0.25, 0.3) is 0 Å². The number of fused-ring (bicyclic) bond motifs is 1. The Balaban J connectivity index is 1.44. The van der Waals surface area contributed by atoms with Crippen LogP contribution >= 0.6 is 0 Å². The normalized spacial score (nSPS) is 17.9. The van der Waals surface area contributed by atoms with Gasteiger partial charge in [-0.05, 0) is 62.1 Å². The van der Waals surface area contributed by atoms with Gasteiger partial charge >= 0.3 is 0 Å². The van der Waals surface area contributed by atoms with Crippen molar-refractivity contribution in [2.45, 2.75) is 32.4 Å². The molecule has 30 heavy (non-hydrogen) atoms. The second-order valence-electron chi connectivity index (χ2n) is 7.75. The van der Waals surface area contributed by atoms with E-state index in [1.165, 1.54) is 5.56 Å². The molecule has 0 saturated heterocycles. The molecule has 0 aromatic heterocycles. The van der Waals surface area contributed by atoms with Gasteiger partial charge < -0.3 is 15.0 Å². The van der Waals surface area contributed by atoms with Gasteiger partial charge in [0.15, 0.2) is 0 Å². The monoisotopic (exact) mass is 400 g/mol. The number of nitrogens with zero attached hydrogens (tertiary/aromatic N) is 1. The fourth-order valence-electron chi connectivity index (χ4n) is 4.13. The molecular weight excluding hydrogens is 372 g/mol. The van der Waals surface area contributed by atoms with Crippen molar-refractivity contribution in [2.75, 3.05) is 18.5 Å². The molecule has 0 radical (unpaired) electrons. The average molecular weight is 401 g/mol. The van der Waals surface area contributed by atoms with Crippen molar-refractivity contribution in [1.29, 1.82) is 0 Å². The summed E-state index contributed by atoms with van der Waals surface area (Å²) < 4.78 is 5.93. The van der Waals surface area contributed by atoms with Crippen molar-refractivity contribution in [3.63, 3.8) is 0 Å².